The quantitative estimate of drug-likeness (QED) is 0.472. The van der Waals surface area contributed by atoms with Gasteiger partial charge in [-0.05, 0) is 24.3 Å². The molecule has 14 heteroatoms. The maximum absolute atomic E-state index is 12.7. The fraction of sp³-hybridized carbons (Fsp3) is 0.118. The lowest BCUT2D eigenvalue weighted by Crippen LogP contribution is -2.20. The topological polar surface area (TPSA) is 137 Å². The zero-order valence-corrected chi connectivity index (χ0v) is 16.1. The number of hydrogen-bond donors (Lipinski definition) is 1. The normalized spacial score (nSPS) is 11.5. The summed E-state index contributed by atoms with van der Waals surface area (Å²) in [5, 5.41) is 11.2. The second-order valence-electron chi connectivity index (χ2n) is 5.98. The highest BCUT2D eigenvalue weighted by atomic mass is 32.1. The number of anilines is 2. The van der Waals surface area contributed by atoms with Crippen molar-refractivity contribution < 1.29 is 22.5 Å². The van der Waals surface area contributed by atoms with Crippen molar-refractivity contribution in [3.63, 3.8) is 0 Å². The molecule has 0 radical (unpaired) electrons. The van der Waals surface area contributed by atoms with Crippen LogP contribution in [0.4, 0.5) is 24.8 Å². The van der Waals surface area contributed by atoms with Gasteiger partial charge in [0.1, 0.15) is 0 Å². The minimum atomic E-state index is -4.72. The van der Waals surface area contributed by atoms with Crippen LogP contribution in [0.3, 0.4) is 0 Å². The summed E-state index contributed by atoms with van der Waals surface area (Å²) in [7, 11) is 0. The van der Waals surface area contributed by atoms with Crippen molar-refractivity contribution >= 4 is 28.9 Å². The average molecular weight is 448 g/mol. The average Bonchev–Trinajstić information content (AvgIpc) is 3.42. The first kappa shape index (κ1) is 20.3. The van der Waals surface area contributed by atoms with Gasteiger partial charge >= 0.3 is 12.1 Å². The van der Waals surface area contributed by atoms with E-state index in [-0.39, 0.29) is 18.1 Å². The van der Waals surface area contributed by atoms with Crippen LogP contribution < -0.4 is 10.6 Å². The van der Waals surface area contributed by atoms with Crippen molar-refractivity contribution in [2.24, 2.45) is 5.73 Å². The monoisotopic (exact) mass is 448 g/mol. The lowest BCUT2D eigenvalue weighted by atomic mass is 10.3. The number of alkyl halides is 3. The van der Waals surface area contributed by atoms with Gasteiger partial charge < -0.3 is 15.2 Å². The molecule has 0 fully saturated rings. The smallest absolute Gasteiger partial charge is 0.364 e. The summed E-state index contributed by atoms with van der Waals surface area (Å²) in [5.74, 6) is -1.49. The Bertz CT molecular complexity index is 1190. The van der Waals surface area contributed by atoms with Gasteiger partial charge in [0.15, 0.2) is 17.3 Å². The van der Waals surface area contributed by atoms with Crippen LogP contribution in [0, 0.1) is 0 Å². The molecule has 0 spiro atoms. The lowest BCUT2D eigenvalue weighted by molar-refractivity contribution is -0.159. The van der Waals surface area contributed by atoms with E-state index in [1.165, 1.54) is 36.0 Å². The maximum atomic E-state index is 12.7. The van der Waals surface area contributed by atoms with E-state index < -0.39 is 18.0 Å². The Hall–Kier alpha value is -3.94. The Morgan fingerprint density at radius 2 is 1.97 bits per heavy atom. The molecule has 0 bridgehead atoms. The molecular formula is C17H11F3N8O2S. The van der Waals surface area contributed by atoms with Crippen LogP contribution >= 0.6 is 11.3 Å². The zero-order chi connectivity index (χ0) is 22.0. The third-order valence-corrected chi connectivity index (χ3v) is 4.94. The lowest BCUT2D eigenvalue weighted by Gasteiger charge is -2.21. The van der Waals surface area contributed by atoms with Gasteiger partial charge in [0.05, 0.1) is 17.6 Å². The number of primary amides is 1. The molecule has 0 aliphatic rings. The Labute approximate surface area is 175 Å². The van der Waals surface area contributed by atoms with Crippen LogP contribution in [0.2, 0.25) is 0 Å². The van der Waals surface area contributed by atoms with Crippen LogP contribution in [-0.4, -0.2) is 36.2 Å². The van der Waals surface area contributed by atoms with Gasteiger partial charge in [-0.2, -0.15) is 18.2 Å². The summed E-state index contributed by atoms with van der Waals surface area (Å²) in [6, 6.07) is 6.26. The largest absolute Gasteiger partial charge is 0.471 e. The number of halogens is 3. The minimum Gasteiger partial charge on any atom is -0.364 e. The van der Waals surface area contributed by atoms with E-state index in [2.05, 4.69) is 34.8 Å². The van der Waals surface area contributed by atoms with Gasteiger partial charge in [0.2, 0.25) is 5.82 Å². The number of carbonyl (C=O) groups excluding carboxylic acids is 1. The molecule has 0 aliphatic heterocycles. The molecule has 10 nitrogen and oxygen atoms in total. The summed E-state index contributed by atoms with van der Waals surface area (Å²) in [4.78, 5) is 25.7. The third kappa shape index (κ3) is 4.48. The van der Waals surface area contributed by atoms with E-state index in [1.54, 1.807) is 23.1 Å². The van der Waals surface area contributed by atoms with Crippen molar-refractivity contribution in [1.29, 1.82) is 0 Å². The summed E-state index contributed by atoms with van der Waals surface area (Å²) < 4.78 is 42.4. The van der Waals surface area contributed by atoms with Gasteiger partial charge in [-0.1, -0.05) is 5.16 Å². The molecule has 158 valence electrons. The molecule has 0 saturated carbocycles. The summed E-state index contributed by atoms with van der Waals surface area (Å²) in [5.41, 5.74) is 5.19. The Balaban J connectivity index is 1.62. The van der Waals surface area contributed by atoms with Crippen molar-refractivity contribution in [2.75, 3.05) is 4.90 Å². The molecule has 2 N–H and O–H groups in total. The number of amides is 1. The molecule has 0 aromatic carbocycles. The maximum Gasteiger partial charge on any atom is 0.471 e. The molecular weight excluding hydrogens is 437 g/mol. The number of thiophene rings is 1. The number of hydrogen-bond acceptors (Lipinski definition) is 10. The number of carbonyl (C=O) groups is 1. The summed E-state index contributed by atoms with van der Waals surface area (Å²) in [6.07, 6.45) is -0.219. The fourth-order valence-corrected chi connectivity index (χ4v) is 3.41. The molecule has 4 rings (SSSR count). The Morgan fingerprint density at radius 1 is 1.13 bits per heavy atom. The highest BCUT2D eigenvalue weighted by Crippen LogP contribution is 2.33. The predicted molar refractivity (Wildman–Crippen MR) is 101 cm³/mol. The van der Waals surface area contributed by atoms with E-state index in [4.69, 9.17) is 5.73 Å². The molecule has 0 atom stereocenters. The number of nitrogens with two attached hydrogens (primary N) is 1. The minimum absolute atomic E-state index is 0.00108. The molecule has 4 heterocycles. The van der Waals surface area contributed by atoms with Crippen LogP contribution in [0.5, 0.6) is 0 Å². The molecule has 4 aromatic heterocycles. The van der Waals surface area contributed by atoms with Crippen LogP contribution in [0.1, 0.15) is 21.3 Å². The number of rotatable bonds is 6. The SMILES string of the molecule is NC(=O)c1ccc(N(Cc2ccc(-c3noc(C(F)(F)F)n3)s2)c2cnccn2)nn1. The molecule has 0 saturated heterocycles. The van der Waals surface area contributed by atoms with Crippen LogP contribution in [0.25, 0.3) is 10.7 Å². The first-order valence-corrected chi connectivity index (χ1v) is 9.30. The third-order valence-electron chi connectivity index (χ3n) is 3.87. The second kappa shape index (κ2) is 8.06. The van der Waals surface area contributed by atoms with Crippen molar-refractivity contribution in [3.05, 3.63) is 59.3 Å². The summed E-state index contributed by atoms with van der Waals surface area (Å²) >= 11 is 1.17. The van der Waals surface area contributed by atoms with E-state index in [1.807, 2.05) is 0 Å². The van der Waals surface area contributed by atoms with E-state index >= 15 is 0 Å². The molecule has 0 aliphatic carbocycles. The van der Waals surface area contributed by atoms with Gasteiger partial charge in [-0.15, -0.1) is 21.5 Å². The van der Waals surface area contributed by atoms with Crippen molar-refractivity contribution in [3.8, 4) is 10.7 Å². The second-order valence-corrected chi connectivity index (χ2v) is 7.15. The van der Waals surface area contributed by atoms with Gasteiger partial charge in [-0.3, -0.25) is 9.78 Å². The Kier molecular flexibility index (Phi) is 5.29. The highest BCUT2D eigenvalue weighted by molar-refractivity contribution is 7.15. The molecule has 1 amide bonds. The molecule has 4 aromatic rings. The van der Waals surface area contributed by atoms with E-state index in [0.717, 1.165) is 4.88 Å². The molecule has 31 heavy (non-hydrogen) atoms. The fourth-order valence-electron chi connectivity index (χ4n) is 2.49. The van der Waals surface area contributed by atoms with E-state index in [9.17, 15) is 18.0 Å². The van der Waals surface area contributed by atoms with Gasteiger partial charge in [0.25, 0.3) is 5.91 Å². The van der Waals surface area contributed by atoms with Gasteiger partial charge in [-0.25, -0.2) is 4.98 Å². The number of nitrogens with zero attached hydrogens (tertiary/aromatic N) is 7. The standard InChI is InChI=1S/C17H11F3N8O2S/c18-17(19,20)16-24-15(27-30-16)11-3-1-9(31-11)8-28(13-7-22-5-6-23-13)12-4-2-10(14(21)29)25-26-12/h1-7H,8H2,(H2,21,29). The summed E-state index contributed by atoms with van der Waals surface area (Å²) in [6.45, 7) is 0.234. The first-order valence-electron chi connectivity index (χ1n) is 8.48. The van der Waals surface area contributed by atoms with E-state index in [0.29, 0.717) is 16.5 Å². The van der Waals surface area contributed by atoms with Crippen LogP contribution in [-0.2, 0) is 12.7 Å². The molecule has 0 unspecified atom stereocenters. The first-order chi connectivity index (χ1) is 14.8. The number of aromatic nitrogens is 6. The Morgan fingerprint density at radius 3 is 2.58 bits per heavy atom. The van der Waals surface area contributed by atoms with Gasteiger partial charge in [0, 0.05) is 17.3 Å². The van der Waals surface area contributed by atoms with Crippen molar-refractivity contribution in [2.45, 2.75) is 12.7 Å². The van der Waals surface area contributed by atoms with Crippen LogP contribution in [0.15, 0.2) is 47.4 Å². The zero-order valence-electron chi connectivity index (χ0n) is 15.3. The van der Waals surface area contributed by atoms with Crippen molar-refractivity contribution in [1.82, 2.24) is 30.3 Å². The predicted octanol–water partition coefficient (Wildman–Crippen LogP) is 2.83. The highest BCUT2D eigenvalue weighted by Gasteiger charge is 2.38.